The van der Waals surface area contributed by atoms with Crippen LogP contribution in [0.5, 0.6) is 5.75 Å². The molecule has 4 heteroatoms. The molecule has 2 nitrogen and oxygen atoms in total. The Kier molecular flexibility index (Phi) is 6.22. The zero-order valence-electron chi connectivity index (χ0n) is 12.1. The van der Waals surface area contributed by atoms with Gasteiger partial charge in [-0.2, -0.15) is 8.78 Å². The Morgan fingerprint density at radius 1 is 1.11 bits per heavy atom. The van der Waals surface area contributed by atoms with E-state index in [0.717, 1.165) is 18.5 Å². The number of hydrogen-bond acceptors (Lipinski definition) is 2. The molecule has 1 aromatic rings. The Balaban J connectivity index is 2.78. The zero-order valence-corrected chi connectivity index (χ0v) is 12.1. The Morgan fingerprint density at radius 2 is 1.68 bits per heavy atom. The summed E-state index contributed by atoms with van der Waals surface area (Å²) in [5.74, 6) is 0.206. The fourth-order valence-electron chi connectivity index (χ4n) is 2.28. The molecular weight excluding hydrogens is 248 g/mol. The molecule has 0 amide bonds. The van der Waals surface area contributed by atoms with Gasteiger partial charge in [-0.05, 0) is 51.4 Å². The van der Waals surface area contributed by atoms with Gasteiger partial charge in [0.1, 0.15) is 5.75 Å². The van der Waals surface area contributed by atoms with Crippen LogP contribution in [0.3, 0.4) is 0 Å². The van der Waals surface area contributed by atoms with Gasteiger partial charge in [-0.15, -0.1) is 0 Å². The smallest absolute Gasteiger partial charge is 0.387 e. The maximum absolute atomic E-state index is 12.1. The molecule has 19 heavy (non-hydrogen) atoms. The first kappa shape index (κ1) is 15.9. The summed E-state index contributed by atoms with van der Waals surface area (Å²) in [4.78, 5) is 2.39. The highest BCUT2D eigenvalue weighted by Gasteiger charge is 2.17. The van der Waals surface area contributed by atoms with Gasteiger partial charge in [0, 0.05) is 12.1 Å². The van der Waals surface area contributed by atoms with Crippen molar-refractivity contribution in [2.45, 2.75) is 52.8 Å². The molecule has 0 aromatic heterocycles. The predicted molar refractivity (Wildman–Crippen MR) is 73.6 cm³/mol. The summed E-state index contributed by atoms with van der Waals surface area (Å²) in [7, 11) is 0. The standard InChI is InChI=1S/C15H23F2NO/c1-5-10-18(11(2)3)12(4)13-6-8-14(9-7-13)19-15(16)17/h6-9,11-12,15H,5,10H2,1-4H3. The topological polar surface area (TPSA) is 12.5 Å². The number of rotatable bonds is 7. The summed E-state index contributed by atoms with van der Waals surface area (Å²) in [5.41, 5.74) is 1.11. The summed E-state index contributed by atoms with van der Waals surface area (Å²) in [5, 5.41) is 0. The van der Waals surface area contributed by atoms with Crippen LogP contribution in [-0.2, 0) is 0 Å². The highest BCUT2D eigenvalue weighted by molar-refractivity contribution is 5.29. The van der Waals surface area contributed by atoms with E-state index in [-0.39, 0.29) is 11.8 Å². The van der Waals surface area contributed by atoms with E-state index in [0.29, 0.717) is 6.04 Å². The van der Waals surface area contributed by atoms with Gasteiger partial charge in [-0.1, -0.05) is 19.1 Å². The number of nitrogens with zero attached hydrogens (tertiary/aromatic N) is 1. The molecule has 0 N–H and O–H groups in total. The molecule has 1 unspecified atom stereocenters. The summed E-state index contributed by atoms with van der Waals surface area (Å²) < 4.78 is 28.5. The minimum Gasteiger partial charge on any atom is -0.435 e. The Morgan fingerprint density at radius 3 is 2.11 bits per heavy atom. The van der Waals surface area contributed by atoms with E-state index in [1.807, 2.05) is 12.1 Å². The van der Waals surface area contributed by atoms with E-state index in [1.54, 1.807) is 12.1 Å². The zero-order chi connectivity index (χ0) is 14.4. The summed E-state index contributed by atoms with van der Waals surface area (Å²) in [6.45, 7) is 6.88. The Labute approximate surface area is 114 Å². The lowest BCUT2D eigenvalue weighted by molar-refractivity contribution is -0.0498. The van der Waals surface area contributed by atoms with Gasteiger partial charge < -0.3 is 4.74 Å². The molecule has 0 aliphatic rings. The largest absolute Gasteiger partial charge is 0.435 e. The normalized spacial score (nSPS) is 13.3. The van der Waals surface area contributed by atoms with Crippen molar-refractivity contribution in [2.24, 2.45) is 0 Å². The molecule has 108 valence electrons. The maximum atomic E-state index is 12.1. The third kappa shape index (κ3) is 4.78. The van der Waals surface area contributed by atoms with Gasteiger partial charge in [0.05, 0.1) is 0 Å². The Hall–Kier alpha value is -1.16. The molecule has 1 rings (SSSR count). The highest BCUT2D eigenvalue weighted by atomic mass is 19.3. The number of hydrogen-bond donors (Lipinski definition) is 0. The van der Waals surface area contributed by atoms with Crippen LogP contribution in [-0.4, -0.2) is 24.1 Å². The van der Waals surface area contributed by atoms with Crippen molar-refractivity contribution in [2.75, 3.05) is 6.54 Å². The molecule has 1 aromatic carbocycles. The fraction of sp³-hybridized carbons (Fsp3) is 0.600. The quantitative estimate of drug-likeness (QED) is 0.725. The van der Waals surface area contributed by atoms with Gasteiger partial charge in [0.25, 0.3) is 0 Å². The average Bonchev–Trinajstić information content (AvgIpc) is 2.35. The van der Waals surface area contributed by atoms with Crippen LogP contribution in [0.2, 0.25) is 0 Å². The van der Waals surface area contributed by atoms with Crippen LogP contribution in [0.25, 0.3) is 0 Å². The van der Waals surface area contributed by atoms with E-state index in [9.17, 15) is 8.78 Å². The molecule has 0 aliphatic carbocycles. The van der Waals surface area contributed by atoms with Crippen molar-refractivity contribution in [3.05, 3.63) is 29.8 Å². The monoisotopic (exact) mass is 271 g/mol. The van der Waals surface area contributed by atoms with Gasteiger partial charge in [0.15, 0.2) is 0 Å². The number of halogens is 2. The van der Waals surface area contributed by atoms with Crippen molar-refractivity contribution in [1.82, 2.24) is 4.90 Å². The highest BCUT2D eigenvalue weighted by Crippen LogP contribution is 2.25. The first-order chi connectivity index (χ1) is 8.95. The van der Waals surface area contributed by atoms with Gasteiger partial charge >= 0.3 is 6.61 Å². The van der Waals surface area contributed by atoms with E-state index in [1.165, 1.54) is 0 Å². The minimum atomic E-state index is -2.77. The lowest BCUT2D eigenvalue weighted by atomic mass is 10.0. The Bertz CT molecular complexity index is 365. The van der Waals surface area contributed by atoms with Gasteiger partial charge in [0.2, 0.25) is 0 Å². The van der Waals surface area contributed by atoms with E-state index in [2.05, 4.69) is 37.3 Å². The molecular formula is C15H23F2NO. The van der Waals surface area contributed by atoms with Crippen molar-refractivity contribution in [1.29, 1.82) is 0 Å². The van der Waals surface area contributed by atoms with Gasteiger partial charge in [-0.3, -0.25) is 4.90 Å². The molecule has 0 aliphatic heterocycles. The summed E-state index contributed by atoms with van der Waals surface area (Å²) >= 11 is 0. The van der Waals surface area contributed by atoms with Crippen LogP contribution in [0.1, 0.15) is 45.7 Å². The molecule has 0 saturated heterocycles. The van der Waals surface area contributed by atoms with Crippen LogP contribution in [0.15, 0.2) is 24.3 Å². The van der Waals surface area contributed by atoms with Crippen LogP contribution < -0.4 is 4.74 Å². The number of alkyl halides is 2. The van der Waals surface area contributed by atoms with Crippen molar-refractivity contribution >= 4 is 0 Å². The van der Waals surface area contributed by atoms with E-state index < -0.39 is 6.61 Å². The third-order valence-electron chi connectivity index (χ3n) is 3.23. The molecule has 0 spiro atoms. The maximum Gasteiger partial charge on any atom is 0.387 e. The van der Waals surface area contributed by atoms with Crippen molar-refractivity contribution in [3.8, 4) is 5.75 Å². The third-order valence-corrected chi connectivity index (χ3v) is 3.23. The predicted octanol–water partition coefficient (Wildman–Crippen LogP) is 4.47. The molecule has 0 saturated carbocycles. The fourth-order valence-corrected chi connectivity index (χ4v) is 2.28. The van der Waals surface area contributed by atoms with Crippen molar-refractivity contribution in [3.63, 3.8) is 0 Å². The first-order valence-corrected chi connectivity index (χ1v) is 6.76. The molecule has 0 radical (unpaired) electrons. The van der Waals surface area contributed by atoms with Gasteiger partial charge in [-0.25, -0.2) is 0 Å². The second-order valence-electron chi connectivity index (χ2n) is 4.96. The SMILES string of the molecule is CCCN(C(C)C)C(C)c1ccc(OC(F)F)cc1. The van der Waals surface area contributed by atoms with E-state index in [4.69, 9.17) is 0 Å². The lowest BCUT2D eigenvalue weighted by Gasteiger charge is -2.32. The summed E-state index contributed by atoms with van der Waals surface area (Å²) in [6.07, 6.45) is 1.09. The van der Waals surface area contributed by atoms with Crippen LogP contribution in [0, 0.1) is 0 Å². The van der Waals surface area contributed by atoms with Crippen LogP contribution in [0.4, 0.5) is 8.78 Å². The second kappa shape index (κ2) is 7.43. The first-order valence-electron chi connectivity index (χ1n) is 6.76. The molecule has 0 heterocycles. The average molecular weight is 271 g/mol. The second-order valence-corrected chi connectivity index (χ2v) is 4.96. The number of benzene rings is 1. The van der Waals surface area contributed by atoms with E-state index >= 15 is 0 Å². The van der Waals surface area contributed by atoms with Crippen molar-refractivity contribution < 1.29 is 13.5 Å². The molecule has 1 atom stereocenters. The number of ether oxygens (including phenoxy) is 1. The lowest BCUT2D eigenvalue weighted by Crippen LogP contribution is -2.34. The minimum absolute atomic E-state index is 0.206. The molecule has 0 fully saturated rings. The summed E-state index contributed by atoms with van der Waals surface area (Å²) in [6, 6.07) is 7.62. The molecule has 0 bridgehead atoms. The van der Waals surface area contributed by atoms with Crippen LogP contribution >= 0.6 is 0 Å².